The molecule has 2 nitrogen and oxygen atoms in total. The molecule has 0 bridgehead atoms. The fraction of sp³-hybridized carbons (Fsp3) is 0.417. The highest BCUT2D eigenvalue weighted by Gasteiger charge is 2.41. The van der Waals surface area contributed by atoms with Crippen LogP contribution in [0.4, 0.5) is 0 Å². The first kappa shape index (κ1) is 26.5. The summed E-state index contributed by atoms with van der Waals surface area (Å²) in [5.41, 5.74) is 9.95. The quantitative estimate of drug-likeness (QED) is 0.211. The van der Waals surface area contributed by atoms with Gasteiger partial charge in [0.1, 0.15) is 23.6 Å². The van der Waals surface area contributed by atoms with E-state index in [-0.39, 0.29) is 5.54 Å². The third-order valence-corrected chi connectivity index (χ3v) is 8.64. The van der Waals surface area contributed by atoms with Crippen molar-refractivity contribution in [2.75, 3.05) is 0 Å². The first-order valence-electron chi connectivity index (χ1n) is 14.8. The monoisotopic (exact) mass is 505 g/mol. The zero-order chi connectivity index (χ0) is 26.9. The van der Waals surface area contributed by atoms with Gasteiger partial charge < -0.3 is 0 Å². The molecule has 2 heteroatoms. The number of rotatable bonds is 8. The number of benzene rings is 3. The van der Waals surface area contributed by atoms with Gasteiger partial charge in [-0.05, 0) is 85.3 Å². The molecule has 1 aliphatic rings. The SMILES string of the molecule is CCC1(CC)CCc2ccccc2-c2n(-c3c(CC(C)C)cc(-c4ccccc4)cc3CC(C)C)cc[n+]21. The molecule has 3 aromatic carbocycles. The summed E-state index contributed by atoms with van der Waals surface area (Å²) in [5, 5.41) is 0. The molecule has 0 amide bonds. The van der Waals surface area contributed by atoms with Gasteiger partial charge in [-0.3, -0.25) is 0 Å². The Bertz CT molecular complexity index is 1360. The van der Waals surface area contributed by atoms with E-state index < -0.39 is 0 Å². The molecular weight excluding hydrogens is 460 g/mol. The van der Waals surface area contributed by atoms with Crippen LogP contribution < -0.4 is 4.57 Å². The van der Waals surface area contributed by atoms with E-state index in [9.17, 15) is 0 Å². The van der Waals surface area contributed by atoms with E-state index in [2.05, 4.69) is 130 Å². The maximum absolute atomic E-state index is 2.64. The van der Waals surface area contributed by atoms with Gasteiger partial charge in [-0.1, -0.05) is 90.1 Å². The lowest BCUT2D eigenvalue weighted by molar-refractivity contribution is -0.756. The summed E-state index contributed by atoms with van der Waals surface area (Å²) in [6.07, 6.45) is 11.5. The summed E-state index contributed by atoms with van der Waals surface area (Å²) in [6, 6.07) is 25.0. The Morgan fingerprint density at radius 2 is 1.39 bits per heavy atom. The van der Waals surface area contributed by atoms with Crippen LogP contribution in [0.5, 0.6) is 0 Å². The molecule has 0 radical (unpaired) electrons. The second kappa shape index (κ2) is 10.9. The van der Waals surface area contributed by atoms with Crippen molar-refractivity contribution in [3.63, 3.8) is 0 Å². The van der Waals surface area contributed by atoms with Gasteiger partial charge >= 0.3 is 0 Å². The Morgan fingerprint density at radius 3 is 2.00 bits per heavy atom. The number of imidazole rings is 1. The van der Waals surface area contributed by atoms with Gasteiger partial charge in [0.2, 0.25) is 0 Å². The number of nitrogens with zero attached hydrogens (tertiary/aromatic N) is 2. The van der Waals surface area contributed by atoms with E-state index in [0.717, 1.165) is 32.1 Å². The van der Waals surface area contributed by atoms with Crippen LogP contribution in [0.25, 0.3) is 28.2 Å². The number of aromatic nitrogens is 2. The number of fused-ring (bicyclic) bond motifs is 3. The van der Waals surface area contributed by atoms with Crippen molar-refractivity contribution in [2.45, 2.75) is 85.6 Å². The van der Waals surface area contributed by atoms with Crippen molar-refractivity contribution in [1.29, 1.82) is 0 Å². The smallest absolute Gasteiger partial charge is 0.224 e. The van der Waals surface area contributed by atoms with E-state index in [1.165, 1.54) is 51.3 Å². The minimum absolute atomic E-state index is 0.139. The third kappa shape index (κ3) is 4.86. The van der Waals surface area contributed by atoms with Gasteiger partial charge in [-0.15, -0.1) is 0 Å². The molecular formula is C36H45N2+. The van der Waals surface area contributed by atoms with Crippen LogP contribution in [0.15, 0.2) is 79.1 Å². The second-order valence-electron chi connectivity index (χ2n) is 12.2. The Kier molecular flexibility index (Phi) is 7.61. The van der Waals surface area contributed by atoms with Crippen molar-refractivity contribution >= 4 is 0 Å². The molecule has 5 rings (SSSR count). The first-order chi connectivity index (χ1) is 18.4. The molecule has 0 aliphatic carbocycles. The summed E-state index contributed by atoms with van der Waals surface area (Å²) in [4.78, 5) is 0. The van der Waals surface area contributed by atoms with Crippen molar-refractivity contribution in [3.05, 3.63) is 95.8 Å². The normalized spacial score (nSPS) is 14.4. The van der Waals surface area contributed by atoms with Crippen LogP contribution in [-0.2, 0) is 24.8 Å². The standard InChI is InChI=1S/C36H45N2/c1-7-36(8-2)19-18-29-16-12-13-17-33(29)35-37(20-21-38(35)36)34-31(22-26(3)4)24-30(25-32(34)23-27(5)6)28-14-10-9-11-15-28/h9-17,20-21,24-27H,7-8,18-19,22-23H2,1-6H3/q+1. The van der Waals surface area contributed by atoms with Crippen LogP contribution >= 0.6 is 0 Å². The molecule has 38 heavy (non-hydrogen) atoms. The molecule has 0 unspecified atom stereocenters. The fourth-order valence-corrected chi connectivity index (χ4v) is 6.66. The van der Waals surface area contributed by atoms with E-state index in [0.29, 0.717) is 11.8 Å². The molecule has 2 heterocycles. The van der Waals surface area contributed by atoms with Crippen LogP contribution in [0.2, 0.25) is 0 Å². The average molecular weight is 506 g/mol. The molecule has 0 saturated carbocycles. The molecule has 198 valence electrons. The van der Waals surface area contributed by atoms with Gasteiger partial charge in [0, 0.05) is 11.1 Å². The second-order valence-corrected chi connectivity index (χ2v) is 12.2. The lowest BCUT2D eigenvalue weighted by Crippen LogP contribution is -2.55. The minimum atomic E-state index is 0.139. The Labute approximate surface area is 230 Å². The van der Waals surface area contributed by atoms with E-state index in [4.69, 9.17) is 0 Å². The molecule has 1 aliphatic heterocycles. The lowest BCUT2D eigenvalue weighted by atomic mass is 9.86. The summed E-state index contributed by atoms with van der Waals surface area (Å²) in [7, 11) is 0. The van der Waals surface area contributed by atoms with Crippen molar-refractivity contribution in [2.24, 2.45) is 11.8 Å². The molecule has 0 fully saturated rings. The number of hydrogen-bond donors (Lipinski definition) is 0. The lowest BCUT2D eigenvalue weighted by Gasteiger charge is -2.28. The average Bonchev–Trinajstić information content (AvgIpc) is 3.28. The summed E-state index contributed by atoms with van der Waals surface area (Å²) in [5.74, 6) is 2.50. The molecule has 4 aromatic rings. The number of aryl methyl sites for hydroxylation is 1. The maximum Gasteiger partial charge on any atom is 0.294 e. The largest absolute Gasteiger partial charge is 0.294 e. The Balaban J connectivity index is 1.84. The number of hydrogen-bond acceptors (Lipinski definition) is 0. The van der Waals surface area contributed by atoms with Crippen molar-refractivity contribution < 1.29 is 4.57 Å². The van der Waals surface area contributed by atoms with Crippen LogP contribution in [-0.4, -0.2) is 4.57 Å². The summed E-state index contributed by atoms with van der Waals surface area (Å²) < 4.78 is 5.21. The van der Waals surface area contributed by atoms with Gasteiger partial charge in [-0.2, -0.15) is 4.57 Å². The van der Waals surface area contributed by atoms with Gasteiger partial charge in [0.05, 0.1) is 5.56 Å². The Hall–Kier alpha value is -3.13. The third-order valence-electron chi connectivity index (χ3n) is 8.64. The minimum Gasteiger partial charge on any atom is -0.224 e. The van der Waals surface area contributed by atoms with Gasteiger partial charge in [0.25, 0.3) is 5.82 Å². The summed E-state index contributed by atoms with van der Waals surface area (Å²) >= 11 is 0. The van der Waals surface area contributed by atoms with Gasteiger partial charge in [0.15, 0.2) is 0 Å². The first-order valence-corrected chi connectivity index (χ1v) is 14.8. The topological polar surface area (TPSA) is 8.81 Å². The predicted molar refractivity (Wildman–Crippen MR) is 161 cm³/mol. The van der Waals surface area contributed by atoms with Crippen LogP contribution in [0, 0.1) is 11.8 Å². The van der Waals surface area contributed by atoms with Crippen LogP contribution in [0.1, 0.15) is 77.5 Å². The molecule has 0 atom stereocenters. The highest BCUT2D eigenvalue weighted by atomic mass is 15.2. The van der Waals surface area contributed by atoms with E-state index in [1.54, 1.807) is 0 Å². The fourth-order valence-electron chi connectivity index (χ4n) is 6.66. The zero-order valence-electron chi connectivity index (χ0n) is 24.3. The van der Waals surface area contributed by atoms with Gasteiger partial charge in [-0.25, -0.2) is 4.57 Å². The highest BCUT2D eigenvalue weighted by molar-refractivity contribution is 5.71. The predicted octanol–water partition coefficient (Wildman–Crippen LogP) is 8.96. The van der Waals surface area contributed by atoms with Crippen LogP contribution in [0.3, 0.4) is 0 Å². The molecule has 0 N–H and O–H groups in total. The maximum atomic E-state index is 2.64. The zero-order valence-corrected chi connectivity index (χ0v) is 24.3. The highest BCUT2D eigenvalue weighted by Crippen LogP contribution is 2.38. The Morgan fingerprint density at radius 1 is 0.789 bits per heavy atom. The van der Waals surface area contributed by atoms with Crippen molar-refractivity contribution in [3.8, 4) is 28.2 Å². The molecule has 0 spiro atoms. The summed E-state index contributed by atoms with van der Waals surface area (Å²) in [6.45, 7) is 14.1. The molecule has 0 saturated heterocycles. The van der Waals surface area contributed by atoms with E-state index >= 15 is 0 Å². The van der Waals surface area contributed by atoms with E-state index in [1.807, 2.05) is 0 Å². The molecule has 1 aromatic heterocycles. The van der Waals surface area contributed by atoms with Crippen molar-refractivity contribution in [1.82, 2.24) is 4.57 Å².